The smallest absolute Gasteiger partial charge is 0.195 e. The summed E-state index contributed by atoms with van der Waals surface area (Å²) >= 11 is 5.07. The highest BCUT2D eigenvalue weighted by Gasteiger charge is 2.16. The maximum atomic E-state index is 5.07. The lowest BCUT2D eigenvalue weighted by molar-refractivity contribution is 0.383. The number of hydrogen-bond acceptors (Lipinski definition) is 2. The van der Waals surface area contributed by atoms with Gasteiger partial charge in [0.15, 0.2) is 4.77 Å². The van der Waals surface area contributed by atoms with Gasteiger partial charge in [-0.05, 0) is 39.9 Å². The Morgan fingerprint density at radius 3 is 2.18 bits per heavy atom. The maximum absolute atomic E-state index is 5.07. The van der Waals surface area contributed by atoms with Crippen LogP contribution in [0.3, 0.4) is 0 Å². The van der Waals surface area contributed by atoms with Gasteiger partial charge in [-0.1, -0.05) is 0 Å². The SMILES string of the molecule is Cc1n[nH]c(=S)n1C(C)(C)C. The third kappa shape index (κ3) is 1.50. The summed E-state index contributed by atoms with van der Waals surface area (Å²) in [6.45, 7) is 8.25. The predicted octanol–water partition coefficient (Wildman–Crippen LogP) is 2.00. The molecule has 1 rings (SSSR count). The van der Waals surface area contributed by atoms with Crippen molar-refractivity contribution >= 4 is 12.2 Å². The number of nitrogens with one attached hydrogen (secondary N) is 1. The van der Waals surface area contributed by atoms with Crippen molar-refractivity contribution in [2.45, 2.75) is 33.2 Å². The van der Waals surface area contributed by atoms with Crippen molar-refractivity contribution < 1.29 is 0 Å². The number of nitrogens with zero attached hydrogens (tertiary/aromatic N) is 2. The van der Waals surface area contributed by atoms with E-state index in [4.69, 9.17) is 12.2 Å². The van der Waals surface area contributed by atoms with Crippen molar-refractivity contribution in [3.05, 3.63) is 10.6 Å². The lowest BCUT2D eigenvalue weighted by atomic mass is 10.1. The quantitative estimate of drug-likeness (QED) is 0.606. The van der Waals surface area contributed by atoms with Crippen LogP contribution >= 0.6 is 12.2 Å². The molecule has 1 aromatic rings. The second-order valence-corrected chi connectivity index (χ2v) is 3.97. The molecule has 0 aliphatic carbocycles. The van der Waals surface area contributed by atoms with Crippen LogP contribution in [0.15, 0.2) is 0 Å². The Bertz CT molecular complexity index is 302. The summed E-state index contributed by atoms with van der Waals surface area (Å²) in [6.07, 6.45) is 0. The van der Waals surface area contributed by atoms with E-state index in [-0.39, 0.29) is 5.54 Å². The monoisotopic (exact) mass is 171 g/mol. The highest BCUT2D eigenvalue weighted by molar-refractivity contribution is 7.71. The van der Waals surface area contributed by atoms with Crippen LogP contribution in [0.4, 0.5) is 0 Å². The van der Waals surface area contributed by atoms with Crippen LogP contribution < -0.4 is 0 Å². The van der Waals surface area contributed by atoms with Gasteiger partial charge in [-0.25, -0.2) is 0 Å². The molecule has 0 unspecified atom stereocenters. The molecule has 0 fully saturated rings. The summed E-state index contributed by atoms with van der Waals surface area (Å²) in [7, 11) is 0. The van der Waals surface area contributed by atoms with E-state index in [1.165, 1.54) is 0 Å². The Morgan fingerprint density at radius 1 is 1.45 bits per heavy atom. The topological polar surface area (TPSA) is 33.6 Å². The summed E-state index contributed by atoms with van der Waals surface area (Å²) in [4.78, 5) is 0. The minimum atomic E-state index is 0.0220. The van der Waals surface area contributed by atoms with E-state index in [2.05, 4.69) is 31.0 Å². The van der Waals surface area contributed by atoms with Gasteiger partial charge in [-0.3, -0.25) is 9.67 Å². The van der Waals surface area contributed by atoms with Gasteiger partial charge >= 0.3 is 0 Å². The molecule has 0 bridgehead atoms. The van der Waals surface area contributed by atoms with Gasteiger partial charge in [0.2, 0.25) is 0 Å². The number of aryl methyl sites for hydroxylation is 1. The molecule has 0 atom stereocenters. The Morgan fingerprint density at radius 2 is 2.00 bits per heavy atom. The third-order valence-electron chi connectivity index (χ3n) is 1.51. The van der Waals surface area contributed by atoms with Crippen molar-refractivity contribution in [2.75, 3.05) is 0 Å². The summed E-state index contributed by atoms with van der Waals surface area (Å²) in [5, 5.41) is 6.79. The van der Waals surface area contributed by atoms with E-state index in [0.29, 0.717) is 4.77 Å². The molecule has 1 aromatic heterocycles. The van der Waals surface area contributed by atoms with E-state index in [0.717, 1.165) is 5.82 Å². The van der Waals surface area contributed by atoms with Crippen molar-refractivity contribution in [3.8, 4) is 0 Å². The number of H-pyrrole nitrogens is 1. The Labute approximate surface area is 71.4 Å². The normalized spacial score (nSPS) is 12.0. The zero-order chi connectivity index (χ0) is 8.65. The standard InChI is InChI=1S/C7H13N3S/c1-5-8-9-6(11)10(5)7(2,3)4/h1-4H3,(H,9,11). The van der Waals surface area contributed by atoms with E-state index < -0.39 is 0 Å². The summed E-state index contributed by atoms with van der Waals surface area (Å²) in [5.74, 6) is 0.933. The van der Waals surface area contributed by atoms with Gasteiger partial charge in [0.05, 0.1) is 0 Å². The molecule has 1 N–H and O–H groups in total. The zero-order valence-electron chi connectivity index (χ0n) is 7.30. The molecule has 0 aliphatic heterocycles. The van der Waals surface area contributed by atoms with E-state index in [1.807, 2.05) is 11.5 Å². The summed E-state index contributed by atoms with van der Waals surface area (Å²) in [5.41, 5.74) is 0.0220. The van der Waals surface area contributed by atoms with Crippen LogP contribution in [-0.4, -0.2) is 14.8 Å². The highest BCUT2D eigenvalue weighted by atomic mass is 32.1. The largest absolute Gasteiger partial charge is 0.299 e. The van der Waals surface area contributed by atoms with Crippen LogP contribution in [-0.2, 0) is 5.54 Å². The Hall–Kier alpha value is -0.640. The molecule has 0 spiro atoms. The van der Waals surface area contributed by atoms with Crippen LogP contribution in [0.2, 0.25) is 0 Å². The van der Waals surface area contributed by atoms with Gasteiger partial charge in [0.25, 0.3) is 0 Å². The van der Waals surface area contributed by atoms with Gasteiger partial charge in [-0.15, -0.1) is 0 Å². The first-order valence-corrected chi connectivity index (χ1v) is 3.98. The van der Waals surface area contributed by atoms with Crippen LogP contribution in [0.25, 0.3) is 0 Å². The van der Waals surface area contributed by atoms with Gasteiger partial charge in [-0.2, -0.15) is 5.10 Å². The molecule has 0 aliphatic rings. The van der Waals surface area contributed by atoms with Crippen LogP contribution in [0.5, 0.6) is 0 Å². The average molecular weight is 171 g/mol. The molecule has 11 heavy (non-hydrogen) atoms. The molecular weight excluding hydrogens is 158 g/mol. The van der Waals surface area contributed by atoms with Crippen molar-refractivity contribution in [3.63, 3.8) is 0 Å². The zero-order valence-corrected chi connectivity index (χ0v) is 8.12. The fourth-order valence-corrected chi connectivity index (χ4v) is 1.62. The first-order chi connectivity index (χ1) is 4.93. The highest BCUT2D eigenvalue weighted by Crippen LogP contribution is 2.15. The van der Waals surface area contributed by atoms with Crippen LogP contribution in [0, 0.1) is 11.7 Å². The van der Waals surface area contributed by atoms with E-state index in [9.17, 15) is 0 Å². The first-order valence-electron chi connectivity index (χ1n) is 3.57. The van der Waals surface area contributed by atoms with E-state index >= 15 is 0 Å². The predicted molar refractivity (Wildman–Crippen MR) is 47.1 cm³/mol. The van der Waals surface area contributed by atoms with E-state index in [1.54, 1.807) is 0 Å². The Balaban J connectivity index is 3.33. The molecule has 62 valence electrons. The molecule has 0 saturated carbocycles. The summed E-state index contributed by atoms with van der Waals surface area (Å²) < 4.78 is 2.69. The molecule has 3 nitrogen and oxygen atoms in total. The molecule has 0 radical (unpaired) electrons. The fourth-order valence-electron chi connectivity index (χ4n) is 1.17. The minimum Gasteiger partial charge on any atom is -0.299 e. The molecule has 0 aromatic carbocycles. The number of rotatable bonds is 0. The van der Waals surface area contributed by atoms with Gasteiger partial charge in [0.1, 0.15) is 5.82 Å². The van der Waals surface area contributed by atoms with Gasteiger partial charge < -0.3 is 0 Å². The van der Waals surface area contributed by atoms with Crippen molar-refractivity contribution in [2.24, 2.45) is 0 Å². The van der Waals surface area contributed by atoms with Crippen molar-refractivity contribution in [1.82, 2.24) is 14.8 Å². The molecule has 0 amide bonds. The Kier molecular flexibility index (Phi) is 1.88. The second-order valence-electron chi connectivity index (χ2n) is 3.58. The minimum absolute atomic E-state index is 0.0220. The number of aromatic amines is 1. The fraction of sp³-hybridized carbons (Fsp3) is 0.714. The average Bonchev–Trinajstić information content (AvgIpc) is 2.08. The van der Waals surface area contributed by atoms with Crippen molar-refractivity contribution in [1.29, 1.82) is 0 Å². The lowest BCUT2D eigenvalue weighted by Gasteiger charge is -2.21. The molecule has 0 saturated heterocycles. The first kappa shape index (κ1) is 8.46. The molecule has 4 heteroatoms. The molecular formula is C7H13N3S. The summed E-state index contributed by atoms with van der Waals surface area (Å²) in [6, 6.07) is 0. The van der Waals surface area contributed by atoms with Gasteiger partial charge in [0, 0.05) is 5.54 Å². The third-order valence-corrected chi connectivity index (χ3v) is 1.78. The molecule has 1 heterocycles. The second kappa shape index (κ2) is 2.44. The lowest BCUT2D eigenvalue weighted by Crippen LogP contribution is -2.23. The maximum Gasteiger partial charge on any atom is 0.195 e. The number of aromatic nitrogens is 3. The number of hydrogen-bond donors (Lipinski definition) is 1. The van der Waals surface area contributed by atoms with Crippen LogP contribution in [0.1, 0.15) is 26.6 Å².